The number of benzene rings is 2. The van der Waals surface area contributed by atoms with E-state index in [0.717, 1.165) is 0 Å². The van der Waals surface area contributed by atoms with E-state index in [-0.39, 0.29) is 29.6 Å². The summed E-state index contributed by atoms with van der Waals surface area (Å²) in [5.74, 6) is -0.148. The highest BCUT2D eigenvalue weighted by Gasteiger charge is 2.30. The van der Waals surface area contributed by atoms with Crippen molar-refractivity contribution in [1.29, 1.82) is 0 Å². The van der Waals surface area contributed by atoms with Crippen molar-refractivity contribution in [3.05, 3.63) is 82.3 Å². The predicted molar refractivity (Wildman–Crippen MR) is 110 cm³/mol. The van der Waals surface area contributed by atoms with Crippen molar-refractivity contribution in [2.75, 3.05) is 13.7 Å². The minimum Gasteiger partial charge on any atom is -0.497 e. The lowest BCUT2D eigenvalue weighted by molar-refractivity contribution is -0.120. The van der Waals surface area contributed by atoms with Crippen molar-refractivity contribution in [3.8, 4) is 5.75 Å². The van der Waals surface area contributed by atoms with Crippen LogP contribution in [0.1, 0.15) is 15.7 Å². The summed E-state index contributed by atoms with van der Waals surface area (Å²) in [5, 5.41) is 3.59. The molecule has 29 heavy (non-hydrogen) atoms. The molecule has 0 spiro atoms. The highest BCUT2D eigenvalue weighted by molar-refractivity contribution is 7.91. The zero-order valence-electron chi connectivity index (χ0n) is 15.7. The molecule has 0 fully saturated rings. The second-order valence-corrected chi connectivity index (χ2v) is 9.44. The Morgan fingerprint density at radius 3 is 2.38 bits per heavy atom. The summed E-state index contributed by atoms with van der Waals surface area (Å²) >= 11 is 1.32. The van der Waals surface area contributed by atoms with Gasteiger partial charge in [-0.15, -0.1) is 11.3 Å². The van der Waals surface area contributed by atoms with Crippen molar-refractivity contribution in [2.45, 2.75) is 16.6 Å². The van der Waals surface area contributed by atoms with E-state index in [1.807, 2.05) is 0 Å². The quantitative estimate of drug-likeness (QED) is 0.587. The molecule has 152 valence electrons. The van der Waals surface area contributed by atoms with Gasteiger partial charge < -0.3 is 10.1 Å². The summed E-state index contributed by atoms with van der Waals surface area (Å²) in [5.41, 5.74) is 0.648. The Kier molecular flexibility index (Phi) is 6.66. The van der Waals surface area contributed by atoms with Crippen LogP contribution in [0.4, 0.5) is 4.39 Å². The molecule has 1 N–H and O–H groups in total. The van der Waals surface area contributed by atoms with Gasteiger partial charge in [0.25, 0.3) is 0 Å². The highest BCUT2D eigenvalue weighted by Crippen LogP contribution is 2.32. The number of rotatable bonds is 8. The molecule has 1 heterocycles. The fraction of sp³-hybridized carbons (Fsp3) is 0.190. The van der Waals surface area contributed by atoms with Crippen LogP contribution < -0.4 is 10.1 Å². The number of thiophene rings is 1. The van der Waals surface area contributed by atoms with E-state index in [4.69, 9.17) is 4.74 Å². The fourth-order valence-corrected chi connectivity index (χ4v) is 5.61. The molecule has 0 unspecified atom stereocenters. The van der Waals surface area contributed by atoms with Crippen LogP contribution in [0, 0.1) is 5.82 Å². The van der Waals surface area contributed by atoms with Gasteiger partial charge in [-0.2, -0.15) is 0 Å². The van der Waals surface area contributed by atoms with Crippen LogP contribution in [0.3, 0.4) is 0 Å². The zero-order valence-corrected chi connectivity index (χ0v) is 17.3. The summed E-state index contributed by atoms with van der Waals surface area (Å²) in [6, 6.07) is 15.3. The first-order valence-corrected chi connectivity index (χ1v) is 11.3. The van der Waals surface area contributed by atoms with E-state index in [1.54, 1.807) is 29.6 Å². The third-order valence-corrected chi connectivity index (χ3v) is 7.62. The largest absolute Gasteiger partial charge is 0.497 e. The molecular formula is C21H20FNO4S2. The van der Waals surface area contributed by atoms with Gasteiger partial charge in [0.1, 0.15) is 16.8 Å². The summed E-state index contributed by atoms with van der Waals surface area (Å²) in [6.45, 7) is -0.0606. The molecule has 5 nitrogen and oxygen atoms in total. The van der Waals surface area contributed by atoms with Crippen LogP contribution in [0.2, 0.25) is 0 Å². The van der Waals surface area contributed by atoms with Crippen LogP contribution >= 0.6 is 11.3 Å². The Labute approximate surface area is 173 Å². The number of methoxy groups -OCH3 is 1. The zero-order chi connectivity index (χ0) is 20.9. The lowest BCUT2D eigenvalue weighted by atomic mass is 10.1. The van der Waals surface area contributed by atoms with E-state index in [9.17, 15) is 17.6 Å². The number of amides is 1. The first-order valence-electron chi connectivity index (χ1n) is 8.82. The molecule has 0 aliphatic heterocycles. The van der Waals surface area contributed by atoms with Gasteiger partial charge in [0, 0.05) is 11.4 Å². The Hall–Kier alpha value is -2.71. The first kappa shape index (κ1) is 21.0. The summed E-state index contributed by atoms with van der Waals surface area (Å²) in [7, 11) is -2.22. The van der Waals surface area contributed by atoms with Crippen LogP contribution in [0.15, 0.2) is 70.9 Å². The molecular weight excluding hydrogens is 413 g/mol. The smallest absolute Gasteiger partial charge is 0.224 e. The van der Waals surface area contributed by atoms with E-state index in [2.05, 4.69) is 5.32 Å². The van der Waals surface area contributed by atoms with Crippen LogP contribution in [-0.2, 0) is 21.1 Å². The van der Waals surface area contributed by atoms with Crippen molar-refractivity contribution in [3.63, 3.8) is 0 Å². The maximum Gasteiger partial charge on any atom is 0.224 e. The highest BCUT2D eigenvalue weighted by atomic mass is 32.2. The molecule has 0 aliphatic rings. The number of halogens is 1. The molecule has 2 aromatic carbocycles. The van der Waals surface area contributed by atoms with Gasteiger partial charge in [-0.25, -0.2) is 12.8 Å². The minimum absolute atomic E-state index is 0.0417. The Balaban J connectivity index is 1.76. The average Bonchev–Trinajstić information content (AvgIpc) is 3.24. The summed E-state index contributed by atoms with van der Waals surface area (Å²) in [6.07, 6.45) is 0.0417. The minimum atomic E-state index is -3.73. The third-order valence-electron chi connectivity index (χ3n) is 4.39. The second kappa shape index (κ2) is 9.19. The van der Waals surface area contributed by atoms with Crippen LogP contribution in [0.25, 0.3) is 0 Å². The van der Waals surface area contributed by atoms with Gasteiger partial charge in [0.05, 0.1) is 18.4 Å². The molecule has 1 amide bonds. The van der Waals surface area contributed by atoms with Crippen molar-refractivity contribution < 1.29 is 22.3 Å². The van der Waals surface area contributed by atoms with Gasteiger partial charge in [-0.05, 0) is 53.4 Å². The lowest BCUT2D eigenvalue weighted by Gasteiger charge is -2.18. The number of sulfone groups is 1. The monoisotopic (exact) mass is 433 g/mol. The third kappa shape index (κ3) is 5.21. The van der Waals surface area contributed by atoms with Crippen LogP contribution in [0.5, 0.6) is 5.75 Å². The predicted octanol–water partition coefficient (Wildman–Crippen LogP) is 3.77. The van der Waals surface area contributed by atoms with E-state index in [0.29, 0.717) is 16.2 Å². The Bertz CT molecular complexity index is 1050. The molecule has 0 aliphatic carbocycles. The Morgan fingerprint density at radius 1 is 1.10 bits per heavy atom. The number of hydrogen-bond acceptors (Lipinski definition) is 5. The summed E-state index contributed by atoms with van der Waals surface area (Å²) in [4.78, 5) is 13.1. The summed E-state index contributed by atoms with van der Waals surface area (Å²) < 4.78 is 44.5. The molecule has 8 heteroatoms. The van der Waals surface area contributed by atoms with Gasteiger partial charge >= 0.3 is 0 Å². The number of nitrogens with one attached hydrogen (secondary N) is 1. The molecule has 0 bridgehead atoms. The molecule has 3 aromatic rings. The second-order valence-electron chi connectivity index (χ2n) is 6.33. The fourth-order valence-electron chi connectivity index (χ4n) is 2.82. The number of hydrogen-bond donors (Lipinski definition) is 1. The number of carbonyl (C=O) groups is 1. The van der Waals surface area contributed by atoms with Crippen molar-refractivity contribution in [1.82, 2.24) is 5.32 Å². The van der Waals surface area contributed by atoms with Gasteiger partial charge in [0.2, 0.25) is 5.91 Å². The Morgan fingerprint density at radius 2 is 1.79 bits per heavy atom. The molecule has 1 aromatic heterocycles. The number of carbonyl (C=O) groups excluding carboxylic acids is 1. The molecule has 0 saturated carbocycles. The SMILES string of the molecule is COc1ccc(S(=O)(=O)[C@@H](CNC(=O)Cc2ccc(F)cc2)c2cccs2)cc1. The molecule has 3 rings (SSSR count). The van der Waals surface area contributed by atoms with Crippen molar-refractivity contribution >= 4 is 27.1 Å². The van der Waals surface area contributed by atoms with Crippen LogP contribution in [-0.4, -0.2) is 28.0 Å². The average molecular weight is 434 g/mol. The molecule has 1 atom stereocenters. The molecule has 0 radical (unpaired) electrons. The van der Waals surface area contributed by atoms with E-state index in [1.165, 1.54) is 54.8 Å². The van der Waals surface area contributed by atoms with E-state index >= 15 is 0 Å². The van der Waals surface area contributed by atoms with Gasteiger partial charge in [-0.1, -0.05) is 18.2 Å². The van der Waals surface area contributed by atoms with Crippen molar-refractivity contribution in [2.24, 2.45) is 0 Å². The maximum atomic E-state index is 13.2. The standard InChI is InChI=1S/C21H20FNO4S2/c1-27-17-8-10-18(11-9-17)29(25,26)20(19-3-2-12-28-19)14-23-21(24)13-15-4-6-16(22)7-5-15/h2-12,20H,13-14H2,1H3,(H,23,24)/t20-/m0/s1. The van der Waals surface area contributed by atoms with Gasteiger partial charge in [0.15, 0.2) is 9.84 Å². The lowest BCUT2D eigenvalue weighted by Crippen LogP contribution is -2.32. The maximum absolute atomic E-state index is 13.2. The topological polar surface area (TPSA) is 72.5 Å². The number of ether oxygens (including phenoxy) is 1. The van der Waals surface area contributed by atoms with Gasteiger partial charge in [-0.3, -0.25) is 4.79 Å². The van der Waals surface area contributed by atoms with E-state index < -0.39 is 15.1 Å². The normalized spacial score (nSPS) is 12.3. The molecule has 0 saturated heterocycles. The first-order chi connectivity index (χ1) is 13.9.